The first-order valence-corrected chi connectivity index (χ1v) is 30.3. The van der Waals surface area contributed by atoms with E-state index in [-0.39, 0.29) is 31.1 Å². The van der Waals surface area contributed by atoms with E-state index in [2.05, 4.69) is 45.1 Å². The molecule has 0 heterocycles. The van der Waals surface area contributed by atoms with Crippen LogP contribution in [0.2, 0.25) is 0 Å². The summed E-state index contributed by atoms with van der Waals surface area (Å²) in [5.74, 6) is -0.860. The molecule has 0 fully saturated rings. The normalized spacial score (nSPS) is 12.1. The summed E-state index contributed by atoms with van der Waals surface area (Å²) in [6, 6.07) is 0. The van der Waals surface area contributed by atoms with Gasteiger partial charge in [-0.1, -0.05) is 295 Å². The molecule has 0 aromatic rings. The van der Waals surface area contributed by atoms with Gasteiger partial charge in [0.15, 0.2) is 6.10 Å². The molecule has 1 atom stereocenters. The van der Waals surface area contributed by atoms with Gasteiger partial charge in [0.2, 0.25) is 0 Å². The van der Waals surface area contributed by atoms with Crippen LogP contribution in [0.3, 0.4) is 0 Å². The molecule has 0 saturated heterocycles. The van der Waals surface area contributed by atoms with Gasteiger partial charge < -0.3 is 14.2 Å². The average Bonchev–Trinajstić information content (AvgIpc) is 3.34. The maximum absolute atomic E-state index is 12.9. The van der Waals surface area contributed by atoms with Crippen molar-refractivity contribution in [1.82, 2.24) is 0 Å². The van der Waals surface area contributed by atoms with Crippen molar-refractivity contribution in [2.75, 3.05) is 13.2 Å². The Hall–Kier alpha value is -2.11. The average molecular weight is 958 g/mol. The number of ether oxygens (including phenoxy) is 3. The summed E-state index contributed by atoms with van der Waals surface area (Å²) in [7, 11) is 0. The van der Waals surface area contributed by atoms with Crippen molar-refractivity contribution in [3.63, 3.8) is 0 Å². The van der Waals surface area contributed by atoms with E-state index in [1.165, 1.54) is 212 Å². The SMILES string of the molecule is CCC/C=C\C/C=C\CCCCCCCC(=O)OCC(COC(=O)CCCCCCCCCCCCCCCCCCCCC)OC(=O)CCCCCCCCCCCCCCCCCCCC. The molecule has 0 aromatic heterocycles. The fourth-order valence-electron chi connectivity index (χ4n) is 9.13. The molecule has 0 aromatic carbocycles. The molecule has 0 saturated carbocycles. The van der Waals surface area contributed by atoms with Crippen molar-refractivity contribution < 1.29 is 28.6 Å². The van der Waals surface area contributed by atoms with E-state index in [9.17, 15) is 14.4 Å². The molecule has 1 unspecified atom stereocenters. The van der Waals surface area contributed by atoms with Crippen LogP contribution in [0, 0.1) is 0 Å². The molecule has 0 aliphatic heterocycles. The molecule has 0 amide bonds. The maximum Gasteiger partial charge on any atom is 0.306 e. The highest BCUT2D eigenvalue weighted by molar-refractivity contribution is 5.71. The highest BCUT2D eigenvalue weighted by Crippen LogP contribution is 2.18. The third-order valence-corrected chi connectivity index (χ3v) is 13.7. The van der Waals surface area contributed by atoms with Crippen LogP contribution in [0.1, 0.15) is 335 Å². The molecule has 68 heavy (non-hydrogen) atoms. The third kappa shape index (κ3) is 54.8. The van der Waals surface area contributed by atoms with Crippen molar-refractivity contribution in [3.05, 3.63) is 24.3 Å². The molecule has 0 bridgehead atoms. The summed E-state index contributed by atoms with van der Waals surface area (Å²) < 4.78 is 16.9. The van der Waals surface area contributed by atoms with E-state index in [4.69, 9.17) is 14.2 Å². The van der Waals surface area contributed by atoms with Crippen LogP contribution in [0.25, 0.3) is 0 Å². The van der Waals surface area contributed by atoms with E-state index in [1.54, 1.807) is 0 Å². The van der Waals surface area contributed by atoms with Crippen LogP contribution in [0.15, 0.2) is 24.3 Å². The Morgan fingerprint density at radius 3 is 0.868 bits per heavy atom. The lowest BCUT2D eigenvalue weighted by atomic mass is 10.0. The van der Waals surface area contributed by atoms with Crippen LogP contribution >= 0.6 is 0 Å². The van der Waals surface area contributed by atoms with Crippen LogP contribution in [-0.4, -0.2) is 37.2 Å². The number of allylic oxidation sites excluding steroid dienone is 4. The first-order chi connectivity index (χ1) is 33.5. The largest absolute Gasteiger partial charge is 0.462 e. The molecule has 0 N–H and O–H groups in total. The van der Waals surface area contributed by atoms with Crippen molar-refractivity contribution in [2.45, 2.75) is 341 Å². The zero-order valence-corrected chi connectivity index (χ0v) is 45.9. The number of hydrogen-bond acceptors (Lipinski definition) is 6. The van der Waals surface area contributed by atoms with Crippen LogP contribution < -0.4 is 0 Å². The molecule has 6 heteroatoms. The Morgan fingerprint density at radius 1 is 0.294 bits per heavy atom. The Bertz CT molecular complexity index is 1100. The minimum Gasteiger partial charge on any atom is -0.462 e. The second-order valence-corrected chi connectivity index (χ2v) is 20.6. The zero-order chi connectivity index (χ0) is 49.3. The molecule has 0 rings (SSSR count). The molecular weight excluding hydrogens is 841 g/mol. The lowest BCUT2D eigenvalue weighted by Crippen LogP contribution is -2.30. The molecule has 6 nitrogen and oxygen atoms in total. The molecule has 0 spiro atoms. The van der Waals surface area contributed by atoms with Gasteiger partial charge in [0.25, 0.3) is 0 Å². The van der Waals surface area contributed by atoms with Gasteiger partial charge in [0.1, 0.15) is 13.2 Å². The van der Waals surface area contributed by atoms with Gasteiger partial charge in [-0.2, -0.15) is 0 Å². The lowest BCUT2D eigenvalue weighted by Gasteiger charge is -2.18. The zero-order valence-electron chi connectivity index (χ0n) is 45.9. The second kappa shape index (κ2) is 57.5. The van der Waals surface area contributed by atoms with Crippen LogP contribution in [0.5, 0.6) is 0 Å². The fraction of sp³-hybridized carbons (Fsp3) is 0.887. The Morgan fingerprint density at radius 2 is 0.559 bits per heavy atom. The molecule has 0 radical (unpaired) electrons. The Kier molecular flexibility index (Phi) is 55.7. The number of unbranched alkanes of at least 4 members (excludes halogenated alkanes) is 41. The Balaban J connectivity index is 4.29. The maximum atomic E-state index is 12.9. The number of rotatable bonds is 56. The smallest absolute Gasteiger partial charge is 0.306 e. The molecule has 0 aliphatic rings. The highest BCUT2D eigenvalue weighted by atomic mass is 16.6. The fourth-order valence-corrected chi connectivity index (χ4v) is 9.13. The Labute approximate surface area is 423 Å². The summed E-state index contributed by atoms with van der Waals surface area (Å²) >= 11 is 0. The van der Waals surface area contributed by atoms with E-state index >= 15 is 0 Å². The topological polar surface area (TPSA) is 78.9 Å². The lowest BCUT2D eigenvalue weighted by molar-refractivity contribution is -0.167. The van der Waals surface area contributed by atoms with Gasteiger partial charge in [-0.05, 0) is 44.9 Å². The predicted molar refractivity (Wildman–Crippen MR) is 293 cm³/mol. The van der Waals surface area contributed by atoms with Crippen molar-refractivity contribution >= 4 is 17.9 Å². The van der Waals surface area contributed by atoms with Crippen molar-refractivity contribution in [1.29, 1.82) is 0 Å². The van der Waals surface area contributed by atoms with Gasteiger partial charge in [-0.25, -0.2) is 0 Å². The monoisotopic (exact) mass is 957 g/mol. The third-order valence-electron chi connectivity index (χ3n) is 13.7. The number of hydrogen-bond donors (Lipinski definition) is 0. The first-order valence-electron chi connectivity index (χ1n) is 30.3. The minimum absolute atomic E-state index is 0.0699. The van der Waals surface area contributed by atoms with E-state index in [0.717, 1.165) is 83.5 Å². The van der Waals surface area contributed by atoms with E-state index in [1.807, 2.05) is 0 Å². The van der Waals surface area contributed by atoms with Crippen molar-refractivity contribution in [3.8, 4) is 0 Å². The second-order valence-electron chi connectivity index (χ2n) is 20.6. The standard InChI is InChI=1S/C62H116O6/c1-4-7-10-13-16-19-22-25-27-29-31-33-34-37-40-43-46-49-52-55-61(64)67-58-59(57-66-60(63)54-51-48-45-42-39-36-24-21-18-15-12-9-6-3)68-62(65)56-53-50-47-44-41-38-35-32-30-28-26-23-20-17-14-11-8-5-2/h12,15,21,24,59H,4-11,13-14,16-20,22-23,25-58H2,1-3H3/b15-12-,24-21-. The summed E-state index contributed by atoms with van der Waals surface area (Å²) in [4.78, 5) is 38.2. The minimum atomic E-state index is -0.772. The van der Waals surface area contributed by atoms with Gasteiger partial charge in [0.05, 0.1) is 0 Å². The van der Waals surface area contributed by atoms with Crippen LogP contribution in [0.4, 0.5) is 0 Å². The highest BCUT2D eigenvalue weighted by Gasteiger charge is 2.19. The summed E-state index contributed by atoms with van der Waals surface area (Å²) in [5.41, 5.74) is 0. The van der Waals surface area contributed by atoms with E-state index in [0.29, 0.717) is 19.3 Å². The van der Waals surface area contributed by atoms with Gasteiger partial charge in [0, 0.05) is 19.3 Å². The van der Waals surface area contributed by atoms with Gasteiger partial charge in [-0.3, -0.25) is 14.4 Å². The van der Waals surface area contributed by atoms with E-state index < -0.39 is 6.10 Å². The predicted octanol–water partition coefficient (Wildman–Crippen LogP) is 20.3. The first kappa shape index (κ1) is 65.9. The summed E-state index contributed by atoms with van der Waals surface area (Å²) in [5, 5.41) is 0. The molecule has 400 valence electrons. The summed E-state index contributed by atoms with van der Waals surface area (Å²) in [6.07, 6.45) is 67.5. The number of esters is 3. The van der Waals surface area contributed by atoms with Gasteiger partial charge in [-0.15, -0.1) is 0 Å². The van der Waals surface area contributed by atoms with Crippen molar-refractivity contribution in [2.24, 2.45) is 0 Å². The molecule has 0 aliphatic carbocycles. The van der Waals surface area contributed by atoms with Crippen LogP contribution in [-0.2, 0) is 28.6 Å². The van der Waals surface area contributed by atoms with Gasteiger partial charge >= 0.3 is 17.9 Å². The summed E-state index contributed by atoms with van der Waals surface area (Å²) in [6.45, 7) is 6.63. The molecular formula is C62H116O6. The number of carbonyl (C=O) groups is 3. The number of carbonyl (C=O) groups excluding carboxylic acids is 3. The quantitative estimate of drug-likeness (QED) is 0.0262.